The predicted molar refractivity (Wildman–Crippen MR) is 76.7 cm³/mol. The molecule has 2 rings (SSSR count). The summed E-state index contributed by atoms with van der Waals surface area (Å²) in [7, 11) is 0. The average molecular weight is 275 g/mol. The van der Waals surface area contributed by atoms with E-state index in [1.807, 2.05) is 30.3 Å². The van der Waals surface area contributed by atoms with E-state index in [4.69, 9.17) is 0 Å². The van der Waals surface area contributed by atoms with E-state index in [0.717, 1.165) is 32.0 Å². The van der Waals surface area contributed by atoms with E-state index in [1.54, 1.807) is 4.90 Å². The highest BCUT2D eigenvalue weighted by molar-refractivity contribution is 5.65. The third-order valence-corrected chi connectivity index (χ3v) is 4.08. The van der Waals surface area contributed by atoms with E-state index in [9.17, 15) is 14.7 Å². The third kappa shape index (κ3) is 3.83. The predicted octanol–water partition coefficient (Wildman–Crippen LogP) is 2.97. The Labute approximate surface area is 119 Å². The first kappa shape index (κ1) is 14.6. The molecule has 0 radical (unpaired) electrons. The zero-order chi connectivity index (χ0) is 14.4. The van der Waals surface area contributed by atoms with Crippen LogP contribution in [0.1, 0.15) is 31.2 Å². The lowest BCUT2D eigenvalue weighted by molar-refractivity contribution is -0.108. The summed E-state index contributed by atoms with van der Waals surface area (Å²) in [6.07, 6.45) is 4.05. The molecule has 4 nitrogen and oxygen atoms in total. The van der Waals surface area contributed by atoms with Crippen LogP contribution in [0.5, 0.6) is 0 Å². The fraction of sp³-hybridized carbons (Fsp3) is 0.500. The highest BCUT2D eigenvalue weighted by Crippen LogP contribution is 2.28. The maximum Gasteiger partial charge on any atom is 0.407 e. The molecule has 1 aromatic rings. The maximum atomic E-state index is 11.3. The summed E-state index contributed by atoms with van der Waals surface area (Å²) in [6, 6.07) is 10.0. The van der Waals surface area contributed by atoms with Crippen LogP contribution in [-0.4, -0.2) is 35.0 Å². The number of likely N-dealkylation sites (tertiary alicyclic amines) is 1. The van der Waals surface area contributed by atoms with Crippen LogP contribution < -0.4 is 0 Å². The average Bonchev–Trinajstić information content (AvgIpc) is 2.46. The van der Waals surface area contributed by atoms with Gasteiger partial charge in [0.25, 0.3) is 0 Å². The molecule has 1 fully saturated rings. The molecular formula is C16H21NO3. The molecule has 2 unspecified atom stereocenters. The standard InChI is InChI=1S/C16H21NO3/c18-10-4-7-14-8-9-17(16(19)20)15(12-14)11-13-5-2-1-3-6-13/h1-3,5-6,10,14-15H,4,7-9,11-12H2,(H,19,20). The van der Waals surface area contributed by atoms with Crippen molar-refractivity contribution in [2.24, 2.45) is 5.92 Å². The molecule has 0 aromatic heterocycles. The van der Waals surface area contributed by atoms with Gasteiger partial charge in [-0.05, 0) is 37.2 Å². The van der Waals surface area contributed by atoms with Crippen molar-refractivity contribution in [3.63, 3.8) is 0 Å². The van der Waals surface area contributed by atoms with Crippen molar-refractivity contribution in [3.05, 3.63) is 35.9 Å². The first-order valence-corrected chi connectivity index (χ1v) is 7.18. The Morgan fingerprint density at radius 3 is 2.75 bits per heavy atom. The Morgan fingerprint density at radius 2 is 2.10 bits per heavy atom. The lowest BCUT2D eigenvalue weighted by atomic mass is 9.85. The molecule has 1 heterocycles. The van der Waals surface area contributed by atoms with E-state index < -0.39 is 6.09 Å². The lowest BCUT2D eigenvalue weighted by Crippen LogP contribution is -2.46. The minimum atomic E-state index is -0.834. The van der Waals surface area contributed by atoms with Crippen molar-refractivity contribution >= 4 is 12.4 Å². The summed E-state index contributed by atoms with van der Waals surface area (Å²) in [4.78, 5) is 23.4. The van der Waals surface area contributed by atoms with E-state index >= 15 is 0 Å². The highest BCUT2D eigenvalue weighted by Gasteiger charge is 2.31. The Balaban J connectivity index is 2.02. The largest absolute Gasteiger partial charge is 0.465 e. The molecule has 1 aliphatic rings. The maximum absolute atomic E-state index is 11.3. The molecule has 0 bridgehead atoms. The molecular weight excluding hydrogens is 254 g/mol. The summed E-state index contributed by atoms with van der Waals surface area (Å²) in [5.41, 5.74) is 1.17. The number of carbonyl (C=O) groups excluding carboxylic acids is 1. The zero-order valence-corrected chi connectivity index (χ0v) is 11.6. The smallest absolute Gasteiger partial charge is 0.407 e. The normalized spacial score (nSPS) is 22.5. The molecule has 0 aliphatic carbocycles. The number of nitrogens with zero attached hydrogens (tertiary/aromatic N) is 1. The van der Waals surface area contributed by atoms with Gasteiger partial charge in [-0.1, -0.05) is 30.3 Å². The van der Waals surface area contributed by atoms with Crippen molar-refractivity contribution in [2.45, 2.75) is 38.1 Å². The van der Waals surface area contributed by atoms with Crippen molar-refractivity contribution in [1.82, 2.24) is 4.90 Å². The van der Waals surface area contributed by atoms with Crippen LogP contribution in [0, 0.1) is 5.92 Å². The molecule has 0 spiro atoms. The van der Waals surface area contributed by atoms with Crippen LogP contribution in [0.3, 0.4) is 0 Å². The first-order valence-electron chi connectivity index (χ1n) is 7.18. The number of carbonyl (C=O) groups is 2. The Morgan fingerprint density at radius 1 is 1.35 bits per heavy atom. The monoisotopic (exact) mass is 275 g/mol. The van der Waals surface area contributed by atoms with Crippen molar-refractivity contribution < 1.29 is 14.7 Å². The number of hydrogen-bond acceptors (Lipinski definition) is 2. The fourth-order valence-corrected chi connectivity index (χ4v) is 3.03. The molecule has 0 saturated carbocycles. The van der Waals surface area contributed by atoms with E-state index in [2.05, 4.69) is 0 Å². The van der Waals surface area contributed by atoms with E-state index in [0.29, 0.717) is 18.9 Å². The van der Waals surface area contributed by atoms with Gasteiger partial charge in [-0.15, -0.1) is 0 Å². The van der Waals surface area contributed by atoms with Crippen molar-refractivity contribution in [3.8, 4) is 0 Å². The third-order valence-electron chi connectivity index (χ3n) is 4.08. The quantitative estimate of drug-likeness (QED) is 0.840. The van der Waals surface area contributed by atoms with Crippen LogP contribution in [0.15, 0.2) is 30.3 Å². The Hall–Kier alpha value is -1.84. The van der Waals surface area contributed by atoms with E-state index in [-0.39, 0.29) is 6.04 Å². The van der Waals surface area contributed by atoms with Gasteiger partial charge in [-0.2, -0.15) is 0 Å². The summed E-state index contributed by atoms with van der Waals surface area (Å²) in [6.45, 7) is 0.580. The van der Waals surface area contributed by atoms with E-state index in [1.165, 1.54) is 5.56 Å². The number of benzene rings is 1. The highest BCUT2D eigenvalue weighted by atomic mass is 16.4. The number of rotatable bonds is 5. The van der Waals surface area contributed by atoms with Gasteiger partial charge in [0.05, 0.1) is 0 Å². The summed E-state index contributed by atoms with van der Waals surface area (Å²) in [5, 5.41) is 9.32. The second kappa shape index (κ2) is 7.08. The van der Waals surface area contributed by atoms with Crippen LogP contribution >= 0.6 is 0 Å². The SMILES string of the molecule is O=CCCC1CCN(C(=O)O)C(Cc2ccccc2)C1. The van der Waals surface area contributed by atoms with Crippen LogP contribution in [-0.2, 0) is 11.2 Å². The minimum Gasteiger partial charge on any atom is -0.465 e. The van der Waals surface area contributed by atoms with Crippen LogP contribution in [0.4, 0.5) is 4.79 Å². The number of aldehydes is 1. The van der Waals surface area contributed by atoms with Gasteiger partial charge < -0.3 is 14.8 Å². The second-order valence-corrected chi connectivity index (χ2v) is 5.45. The molecule has 4 heteroatoms. The Kier molecular flexibility index (Phi) is 5.16. The number of carboxylic acid groups (broad SMARTS) is 1. The number of amides is 1. The summed E-state index contributed by atoms with van der Waals surface area (Å²) in [5.74, 6) is 0.463. The van der Waals surface area contributed by atoms with Gasteiger partial charge in [-0.25, -0.2) is 4.79 Å². The molecule has 1 amide bonds. The summed E-state index contributed by atoms with van der Waals surface area (Å²) >= 11 is 0. The zero-order valence-electron chi connectivity index (χ0n) is 11.6. The van der Waals surface area contributed by atoms with Gasteiger partial charge in [0.2, 0.25) is 0 Å². The van der Waals surface area contributed by atoms with Gasteiger partial charge in [-0.3, -0.25) is 0 Å². The molecule has 20 heavy (non-hydrogen) atoms. The first-order chi connectivity index (χ1) is 9.70. The molecule has 1 aliphatic heterocycles. The lowest BCUT2D eigenvalue weighted by Gasteiger charge is -2.38. The second-order valence-electron chi connectivity index (χ2n) is 5.45. The minimum absolute atomic E-state index is 0.0281. The van der Waals surface area contributed by atoms with Crippen molar-refractivity contribution in [1.29, 1.82) is 0 Å². The van der Waals surface area contributed by atoms with Crippen molar-refractivity contribution in [2.75, 3.05) is 6.54 Å². The molecule has 108 valence electrons. The van der Waals surface area contributed by atoms with Gasteiger partial charge in [0.15, 0.2) is 0 Å². The molecule has 2 atom stereocenters. The number of piperidine rings is 1. The van der Waals surface area contributed by atoms with Gasteiger partial charge in [0.1, 0.15) is 6.29 Å². The van der Waals surface area contributed by atoms with Crippen LogP contribution in [0.2, 0.25) is 0 Å². The van der Waals surface area contributed by atoms with Gasteiger partial charge in [0, 0.05) is 19.0 Å². The molecule has 1 saturated heterocycles. The molecule has 1 N–H and O–H groups in total. The fourth-order valence-electron chi connectivity index (χ4n) is 3.03. The Bertz CT molecular complexity index is 446. The van der Waals surface area contributed by atoms with Gasteiger partial charge >= 0.3 is 6.09 Å². The number of hydrogen-bond donors (Lipinski definition) is 1. The summed E-state index contributed by atoms with van der Waals surface area (Å²) < 4.78 is 0. The topological polar surface area (TPSA) is 57.6 Å². The van der Waals surface area contributed by atoms with Crippen LogP contribution in [0.25, 0.3) is 0 Å². The molecule has 1 aromatic carbocycles.